The number of hydrogen-bond donors (Lipinski definition) is 1. The molecule has 2 fully saturated rings. The van der Waals surface area contributed by atoms with Crippen LogP contribution in [-0.4, -0.2) is 62.1 Å². The van der Waals surface area contributed by atoms with E-state index in [0.717, 1.165) is 0 Å². The Labute approximate surface area is 210 Å². The standard InChI is InChI=1S/C24H24IN3O6/c1-2-33-20-14-16(12-18-23(30)26-28(24(18)31)17-6-4-3-5-7-17)13-19(25)22(20)34-15-21(29)27-8-10-32-11-9-27/h3-7,12-14H,2,8-11,15H2,1H3,(H,26,30)/b18-12-. The van der Waals surface area contributed by atoms with Gasteiger partial charge < -0.3 is 19.1 Å². The van der Waals surface area contributed by atoms with Crippen LogP contribution in [0.1, 0.15) is 12.5 Å². The second kappa shape index (κ2) is 10.9. The minimum absolute atomic E-state index is 0.0123. The molecule has 2 saturated heterocycles. The highest BCUT2D eigenvalue weighted by Gasteiger charge is 2.34. The number of hydrogen-bond acceptors (Lipinski definition) is 6. The van der Waals surface area contributed by atoms with Crippen LogP contribution in [0.2, 0.25) is 0 Å². The van der Waals surface area contributed by atoms with Gasteiger partial charge in [0.1, 0.15) is 5.57 Å². The highest BCUT2D eigenvalue weighted by Crippen LogP contribution is 2.35. The maximum Gasteiger partial charge on any atom is 0.282 e. The monoisotopic (exact) mass is 577 g/mol. The molecule has 0 aromatic heterocycles. The normalized spacial score (nSPS) is 17.2. The van der Waals surface area contributed by atoms with E-state index < -0.39 is 11.8 Å². The molecule has 2 aliphatic heterocycles. The Bertz CT molecular complexity index is 1120. The first-order valence-corrected chi connectivity index (χ1v) is 11.9. The lowest BCUT2D eigenvalue weighted by atomic mass is 10.1. The van der Waals surface area contributed by atoms with Crippen molar-refractivity contribution in [2.45, 2.75) is 6.92 Å². The zero-order chi connectivity index (χ0) is 24.1. The van der Waals surface area contributed by atoms with Crippen molar-refractivity contribution in [1.82, 2.24) is 10.3 Å². The maximum absolute atomic E-state index is 12.9. The number of ether oxygens (including phenoxy) is 3. The molecule has 1 N–H and O–H groups in total. The van der Waals surface area contributed by atoms with E-state index in [1.165, 1.54) is 11.1 Å². The topological polar surface area (TPSA) is 97.4 Å². The van der Waals surface area contributed by atoms with Gasteiger partial charge in [0.2, 0.25) is 0 Å². The number of rotatable bonds is 7. The fourth-order valence-electron chi connectivity index (χ4n) is 3.60. The van der Waals surface area contributed by atoms with Gasteiger partial charge >= 0.3 is 0 Å². The zero-order valence-electron chi connectivity index (χ0n) is 18.6. The minimum Gasteiger partial charge on any atom is -0.490 e. The smallest absolute Gasteiger partial charge is 0.282 e. The summed E-state index contributed by atoms with van der Waals surface area (Å²) in [4.78, 5) is 39.6. The van der Waals surface area contributed by atoms with Gasteiger partial charge in [0.15, 0.2) is 18.1 Å². The lowest BCUT2D eigenvalue weighted by molar-refractivity contribution is -0.137. The quantitative estimate of drug-likeness (QED) is 0.309. The van der Waals surface area contributed by atoms with E-state index in [9.17, 15) is 14.4 Å². The third-order valence-corrected chi connectivity index (χ3v) is 6.05. The highest BCUT2D eigenvalue weighted by molar-refractivity contribution is 14.1. The van der Waals surface area contributed by atoms with E-state index in [1.807, 2.05) is 13.0 Å². The first-order chi connectivity index (χ1) is 16.5. The maximum atomic E-state index is 12.9. The molecule has 0 bridgehead atoms. The Morgan fingerprint density at radius 3 is 2.59 bits per heavy atom. The first kappa shape index (κ1) is 24.0. The molecule has 2 aliphatic rings. The molecule has 0 radical (unpaired) electrons. The molecule has 34 heavy (non-hydrogen) atoms. The minimum atomic E-state index is -0.488. The molecule has 178 valence electrons. The molecule has 2 heterocycles. The fraction of sp³-hybridized carbons (Fsp3) is 0.292. The van der Waals surface area contributed by atoms with E-state index in [-0.39, 0.29) is 18.1 Å². The summed E-state index contributed by atoms with van der Waals surface area (Å²) < 4.78 is 17.6. The third-order valence-electron chi connectivity index (χ3n) is 5.25. The summed E-state index contributed by atoms with van der Waals surface area (Å²) in [7, 11) is 0. The second-order valence-electron chi connectivity index (χ2n) is 7.52. The highest BCUT2D eigenvalue weighted by atomic mass is 127. The van der Waals surface area contributed by atoms with E-state index in [1.54, 1.807) is 41.3 Å². The van der Waals surface area contributed by atoms with Crippen LogP contribution in [-0.2, 0) is 19.1 Å². The van der Waals surface area contributed by atoms with E-state index >= 15 is 0 Å². The molecule has 0 spiro atoms. The second-order valence-corrected chi connectivity index (χ2v) is 8.68. The van der Waals surface area contributed by atoms with Gasteiger partial charge in [-0.25, -0.2) is 5.01 Å². The lowest BCUT2D eigenvalue weighted by Gasteiger charge is -2.27. The number of halogens is 1. The van der Waals surface area contributed by atoms with E-state index in [2.05, 4.69) is 28.0 Å². The molecular weight excluding hydrogens is 553 g/mol. The predicted octanol–water partition coefficient (Wildman–Crippen LogP) is 2.39. The number of anilines is 1. The van der Waals surface area contributed by atoms with Crippen molar-refractivity contribution in [3.8, 4) is 11.5 Å². The van der Waals surface area contributed by atoms with Crippen LogP contribution in [0.4, 0.5) is 5.69 Å². The fourth-order valence-corrected chi connectivity index (χ4v) is 4.38. The van der Waals surface area contributed by atoms with Gasteiger partial charge in [0.25, 0.3) is 17.7 Å². The number of amides is 3. The number of carbonyl (C=O) groups is 3. The number of morpholine rings is 1. The molecule has 0 aliphatic carbocycles. The van der Waals surface area contributed by atoms with Crippen LogP contribution < -0.4 is 19.9 Å². The molecule has 2 aromatic carbocycles. The summed E-state index contributed by atoms with van der Waals surface area (Å²) in [5, 5.41) is 1.22. The summed E-state index contributed by atoms with van der Waals surface area (Å²) in [6.45, 7) is 4.22. The number of carbonyl (C=O) groups excluding carboxylic acids is 3. The summed E-state index contributed by atoms with van der Waals surface area (Å²) in [6, 6.07) is 12.3. The van der Waals surface area contributed by atoms with Crippen LogP contribution in [0, 0.1) is 3.57 Å². The molecule has 9 nitrogen and oxygen atoms in total. The average Bonchev–Trinajstić information content (AvgIpc) is 3.13. The van der Waals surface area contributed by atoms with Crippen LogP contribution >= 0.6 is 22.6 Å². The number of para-hydroxylation sites is 1. The number of hydrazine groups is 1. The summed E-state index contributed by atoms with van der Waals surface area (Å²) >= 11 is 2.09. The number of nitrogens with one attached hydrogen (secondary N) is 1. The van der Waals surface area contributed by atoms with Gasteiger partial charge in [-0.3, -0.25) is 19.8 Å². The Balaban J connectivity index is 1.55. The molecule has 3 amide bonds. The molecule has 4 rings (SSSR count). The van der Waals surface area contributed by atoms with Crippen LogP contribution in [0.15, 0.2) is 48.0 Å². The summed E-state index contributed by atoms with van der Waals surface area (Å²) in [5.41, 5.74) is 3.78. The van der Waals surface area contributed by atoms with E-state index in [4.69, 9.17) is 14.2 Å². The predicted molar refractivity (Wildman–Crippen MR) is 133 cm³/mol. The average molecular weight is 577 g/mol. The van der Waals surface area contributed by atoms with Crippen molar-refractivity contribution in [1.29, 1.82) is 0 Å². The third kappa shape index (κ3) is 5.33. The SMILES string of the molecule is CCOc1cc(/C=C2/C(=O)NN(c3ccccc3)C2=O)cc(I)c1OCC(=O)N1CCOCC1. The molecule has 0 saturated carbocycles. The first-order valence-electron chi connectivity index (χ1n) is 10.8. The van der Waals surface area contributed by atoms with Crippen LogP contribution in [0.25, 0.3) is 6.08 Å². The Hall–Kier alpha value is -3.12. The van der Waals surface area contributed by atoms with Crippen molar-refractivity contribution < 1.29 is 28.6 Å². The van der Waals surface area contributed by atoms with Crippen LogP contribution in [0.3, 0.4) is 0 Å². The van der Waals surface area contributed by atoms with Crippen molar-refractivity contribution in [2.24, 2.45) is 0 Å². The summed E-state index contributed by atoms with van der Waals surface area (Å²) in [5.74, 6) is -0.179. The van der Waals surface area contributed by atoms with Crippen LogP contribution in [0.5, 0.6) is 11.5 Å². The van der Waals surface area contributed by atoms with Gasteiger partial charge in [0.05, 0.1) is 29.1 Å². The van der Waals surface area contributed by atoms with Crippen molar-refractivity contribution in [3.05, 3.63) is 57.2 Å². The van der Waals surface area contributed by atoms with Gasteiger partial charge in [-0.1, -0.05) is 18.2 Å². The van der Waals surface area contributed by atoms with E-state index in [0.29, 0.717) is 59.2 Å². The zero-order valence-corrected chi connectivity index (χ0v) is 20.7. The molecule has 2 aromatic rings. The lowest BCUT2D eigenvalue weighted by Crippen LogP contribution is -2.43. The van der Waals surface area contributed by atoms with Crippen molar-refractivity contribution >= 4 is 52.1 Å². The molecule has 10 heteroatoms. The van der Waals surface area contributed by atoms with Gasteiger partial charge in [-0.15, -0.1) is 0 Å². The van der Waals surface area contributed by atoms with Crippen molar-refractivity contribution in [2.75, 3.05) is 44.5 Å². The molecule has 0 atom stereocenters. The number of benzene rings is 2. The summed E-state index contributed by atoms with van der Waals surface area (Å²) in [6.07, 6.45) is 1.52. The van der Waals surface area contributed by atoms with Gasteiger partial charge in [-0.05, 0) is 65.4 Å². The van der Waals surface area contributed by atoms with Gasteiger partial charge in [0, 0.05) is 13.1 Å². The Morgan fingerprint density at radius 1 is 1.15 bits per heavy atom. The largest absolute Gasteiger partial charge is 0.490 e. The molecule has 0 unspecified atom stereocenters. The van der Waals surface area contributed by atoms with Gasteiger partial charge in [-0.2, -0.15) is 0 Å². The number of nitrogens with zero attached hydrogens (tertiary/aromatic N) is 2. The van der Waals surface area contributed by atoms with Crippen molar-refractivity contribution in [3.63, 3.8) is 0 Å². The Kier molecular flexibility index (Phi) is 7.68. The molecular formula is C24H24IN3O6. The Morgan fingerprint density at radius 2 is 1.88 bits per heavy atom.